The number of amides is 2. The SMILES string of the molecule is C/C(=N\NC(=O)c1ccc(O)cc1)c1ccc(NC(=O)Cn2c(=O)c3c(ncn3C)n(C)c2=O)cc1. The summed E-state index contributed by atoms with van der Waals surface area (Å²) >= 11 is 0. The van der Waals surface area contributed by atoms with Gasteiger partial charge in [-0.2, -0.15) is 5.10 Å². The van der Waals surface area contributed by atoms with Crippen molar-refractivity contribution in [3.8, 4) is 5.75 Å². The van der Waals surface area contributed by atoms with Crippen molar-refractivity contribution in [3.63, 3.8) is 0 Å². The average molecular weight is 489 g/mol. The summed E-state index contributed by atoms with van der Waals surface area (Å²) in [5, 5.41) is 16.1. The third-order valence-corrected chi connectivity index (χ3v) is 5.54. The zero-order valence-electron chi connectivity index (χ0n) is 19.7. The number of hydrazone groups is 1. The van der Waals surface area contributed by atoms with Gasteiger partial charge in [0.15, 0.2) is 11.2 Å². The monoisotopic (exact) mass is 489 g/mol. The van der Waals surface area contributed by atoms with Gasteiger partial charge in [0.1, 0.15) is 12.3 Å². The molecule has 2 heterocycles. The van der Waals surface area contributed by atoms with Crippen LogP contribution in [-0.2, 0) is 25.4 Å². The van der Waals surface area contributed by atoms with Crippen LogP contribution in [-0.4, -0.2) is 41.3 Å². The van der Waals surface area contributed by atoms with E-state index >= 15 is 0 Å². The van der Waals surface area contributed by atoms with Gasteiger partial charge in [-0.05, 0) is 48.9 Å². The Morgan fingerprint density at radius 1 is 1.00 bits per heavy atom. The summed E-state index contributed by atoms with van der Waals surface area (Å²) in [6.07, 6.45) is 1.43. The molecule has 12 heteroatoms. The number of rotatable bonds is 6. The molecule has 2 aromatic carbocycles. The normalized spacial score (nSPS) is 11.5. The molecule has 0 spiro atoms. The fourth-order valence-corrected chi connectivity index (χ4v) is 3.55. The number of imidazole rings is 1. The molecule has 0 aliphatic rings. The summed E-state index contributed by atoms with van der Waals surface area (Å²) in [5.74, 6) is -0.915. The summed E-state index contributed by atoms with van der Waals surface area (Å²) in [6, 6.07) is 12.5. The molecular weight excluding hydrogens is 466 g/mol. The number of benzene rings is 2. The molecule has 0 fully saturated rings. The largest absolute Gasteiger partial charge is 0.508 e. The third kappa shape index (κ3) is 4.78. The van der Waals surface area contributed by atoms with Gasteiger partial charge in [-0.25, -0.2) is 19.8 Å². The Hall–Kier alpha value is -5.00. The first-order chi connectivity index (χ1) is 17.2. The second-order valence-electron chi connectivity index (χ2n) is 8.07. The maximum absolute atomic E-state index is 12.8. The maximum Gasteiger partial charge on any atom is 0.332 e. The number of hydrogen-bond donors (Lipinski definition) is 3. The highest BCUT2D eigenvalue weighted by Crippen LogP contribution is 2.12. The van der Waals surface area contributed by atoms with Crippen molar-refractivity contribution in [1.29, 1.82) is 0 Å². The van der Waals surface area contributed by atoms with E-state index in [0.717, 1.165) is 4.57 Å². The van der Waals surface area contributed by atoms with Crippen LogP contribution in [0.3, 0.4) is 0 Å². The molecule has 0 unspecified atom stereocenters. The summed E-state index contributed by atoms with van der Waals surface area (Å²) in [7, 11) is 3.12. The van der Waals surface area contributed by atoms with E-state index in [1.165, 1.54) is 46.8 Å². The van der Waals surface area contributed by atoms with Gasteiger partial charge in [0.25, 0.3) is 11.5 Å². The minimum Gasteiger partial charge on any atom is -0.508 e. The van der Waals surface area contributed by atoms with E-state index < -0.39 is 29.6 Å². The van der Waals surface area contributed by atoms with Crippen molar-refractivity contribution >= 4 is 34.4 Å². The second-order valence-corrected chi connectivity index (χ2v) is 8.07. The van der Waals surface area contributed by atoms with Gasteiger partial charge >= 0.3 is 5.69 Å². The zero-order chi connectivity index (χ0) is 26.0. The molecular formula is C24H23N7O5. The van der Waals surface area contributed by atoms with E-state index in [2.05, 4.69) is 20.8 Å². The predicted molar refractivity (Wildman–Crippen MR) is 133 cm³/mol. The molecule has 0 atom stereocenters. The minimum atomic E-state index is -0.641. The van der Waals surface area contributed by atoms with E-state index in [4.69, 9.17) is 0 Å². The fourth-order valence-electron chi connectivity index (χ4n) is 3.55. The Labute approximate surface area is 204 Å². The van der Waals surface area contributed by atoms with E-state index in [1.807, 2.05) is 0 Å². The van der Waals surface area contributed by atoms with Crippen molar-refractivity contribution in [1.82, 2.24) is 24.1 Å². The smallest absolute Gasteiger partial charge is 0.332 e. The molecule has 0 saturated carbocycles. The predicted octanol–water partition coefficient (Wildman–Crippen LogP) is 0.932. The molecule has 3 N–H and O–H groups in total. The first kappa shape index (κ1) is 24.1. The maximum atomic E-state index is 12.8. The molecule has 2 aromatic heterocycles. The van der Waals surface area contributed by atoms with Gasteiger partial charge in [-0.3, -0.25) is 19.0 Å². The van der Waals surface area contributed by atoms with Crippen LogP contribution in [0.2, 0.25) is 0 Å². The first-order valence-corrected chi connectivity index (χ1v) is 10.8. The molecule has 184 valence electrons. The van der Waals surface area contributed by atoms with Gasteiger partial charge in [-0.15, -0.1) is 0 Å². The van der Waals surface area contributed by atoms with Crippen LogP contribution >= 0.6 is 0 Å². The molecule has 0 radical (unpaired) electrons. The quantitative estimate of drug-likeness (QED) is 0.271. The van der Waals surface area contributed by atoms with Crippen molar-refractivity contribution in [2.75, 3.05) is 5.32 Å². The first-order valence-electron chi connectivity index (χ1n) is 10.8. The molecule has 36 heavy (non-hydrogen) atoms. The highest BCUT2D eigenvalue weighted by Gasteiger charge is 2.17. The summed E-state index contributed by atoms with van der Waals surface area (Å²) in [5.41, 5.74) is 3.71. The number of nitrogens with zero attached hydrogens (tertiary/aromatic N) is 5. The number of hydrogen-bond acceptors (Lipinski definition) is 7. The van der Waals surface area contributed by atoms with Crippen LogP contribution in [0.25, 0.3) is 11.2 Å². The van der Waals surface area contributed by atoms with Crippen molar-refractivity contribution < 1.29 is 14.7 Å². The fraction of sp³-hybridized carbons (Fsp3) is 0.167. The lowest BCUT2D eigenvalue weighted by atomic mass is 10.1. The molecule has 0 bridgehead atoms. The van der Waals surface area contributed by atoms with E-state index in [0.29, 0.717) is 22.5 Å². The standard InChI is InChI=1S/C24H23N7O5/c1-14(27-28-22(34)16-6-10-18(32)11-7-16)15-4-8-17(9-5-15)26-19(33)12-31-23(35)20-21(25-13-29(20)2)30(3)24(31)36/h4-11,13,32H,12H2,1-3H3,(H,26,33)(H,28,34)/b27-14+. The topological polar surface area (TPSA) is 153 Å². The van der Waals surface area contributed by atoms with Crippen LogP contribution in [0, 0.1) is 0 Å². The van der Waals surface area contributed by atoms with Crippen LogP contribution < -0.4 is 22.0 Å². The van der Waals surface area contributed by atoms with Crippen LogP contribution in [0.1, 0.15) is 22.8 Å². The molecule has 4 rings (SSSR count). The molecule has 4 aromatic rings. The third-order valence-electron chi connectivity index (χ3n) is 5.54. The van der Waals surface area contributed by atoms with Gasteiger partial charge in [0, 0.05) is 25.3 Å². The van der Waals surface area contributed by atoms with Gasteiger partial charge in [0.2, 0.25) is 5.91 Å². The van der Waals surface area contributed by atoms with Crippen LogP contribution in [0.4, 0.5) is 5.69 Å². The number of anilines is 1. The van der Waals surface area contributed by atoms with E-state index in [9.17, 15) is 24.3 Å². The highest BCUT2D eigenvalue weighted by molar-refractivity contribution is 6.01. The van der Waals surface area contributed by atoms with Crippen molar-refractivity contribution in [2.24, 2.45) is 19.2 Å². The summed E-state index contributed by atoms with van der Waals surface area (Å²) in [4.78, 5) is 54.1. The number of aromatic nitrogens is 4. The highest BCUT2D eigenvalue weighted by atomic mass is 16.3. The lowest BCUT2D eigenvalue weighted by Gasteiger charge is -2.10. The number of phenolic OH excluding ortho intramolecular Hbond substituents is 1. The number of nitrogens with one attached hydrogen (secondary N) is 2. The molecule has 2 amide bonds. The molecule has 0 aliphatic heterocycles. The van der Waals surface area contributed by atoms with Gasteiger partial charge in [-0.1, -0.05) is 12.1 Å². The Bertz CT molecular complexity index is 1610. The second kappa shape index (κ2) is 9.70. The lowest BCUT2D eigenvalue weighted by Crippen LogP contribution is -2.42. The number of phenols is 1. The number of carbonyl (C=O) groups is 2. The molecule has 0 aliphatic carbocycles. The number of aromatic hydroxyl groups is 1. The molecule has 12 nitrogen and oxygen atoms in total. The lowest BCUT2D eigenvalue weighted by molar-refractivity contribution is -0.116. The number of aryl methyl sites for hydroxylation is 2. The van der Waals surface area contributed by atoms with Crippen molar-refractivity contribution in [2.45, 2.75) is 13.5 Å². The van der Waals surface area contributed by atoms with Gasteiger partial charge in [0.05, 0.1) is 12.0 Å². The summed E-state index contributed by atoms with van der Waals surface area (Å²) < 4.78 is 3.59. The Morgan fingerprint density at radius 2 is 1.64 bits per heavy atom. The zero-order valence-corrected chi connectivity index (χ0v) is 19.7. The van der Waals surface area contributed by atoms with Crippen LogP contribution in [0.15, 0.2) is 69.5 Å². The minimum absolute atomic E-state index is 0.0578. The van der Waals surface area contributed by atoms with Gasteiger partial charge < -0.3 is 15.0 Å². The van der Waals surface area contributed by atoms with E-state index in [-0.39, 0.29) is 16.9 Å². The Balaban J connectivity index is 1.43. The average Bonchev–Trinajstić information content (AvgIpc) is 3.26. The molecule has 0 saturated heterocycles. The van der Waals surface area contributed by atoms with E-state index in [1.54, 1.807) is 38.2 Å². The Kier molecular flexibility index (Phi) is 6.50. The number of carbonyl (C=O) groups excluding carboxylic acids is 2. The Morgan fingerprint density at radius 3 is 2.31 bits per heavy atom. The number of fused-ring (bicyclic) bond motifs is 1. The van der Waals surface area contributed by atoms with Crippen LogP contribution in [0.5, 0.6) is 5.75 Å². The summed E-state index contributed by atoms with van der Waals surface area (Å²) in [6.45, 7) is 1.25. The van der Waals surface area contributed by atoms with Crippen molar-refractivity contribution in [3.05, 3.63) is 86.8 Å².